The molecule has 0 heterocycles. The smallest absolute Gasteiger partial charge is 0.0317 e. The normalized spacial score (nSPS) is 13.8. The van der Waals surface area contributed by atoms with Gasteiger partial charge in [-0.15, -0.1) is 0 Å². The van der Waals surface area contributed by atoms with Crippen LogP contribution in [0.3, 0.4) is 0 Å². The van der Waals surface area contributed by atoms with Gasteiger partial charge in [0.25, 0.3) is 0 Å². The van der Waals surface area contributed by atoms with E-state index >= 15 is 0 Å². The fraction of sp³-hybridized carbons (Fsp3) is 0.600. The van der Waals surface area contributed by atoms with Gasteiger partial charge in [0.15, 0.2) is 0 Å². The maximum Gasteiger partial charge on any atom is 0.0317 e. The molecule has 0 aliphatic heterocycles. The average molecular weight is 219 g/mol. The van der Waals surface area contributed by atoms with Gasteiger partial charge in [-0.05, 0) is 30.0 Å². The Morgan fingerprint density at radius 2 is 1.69 bits per heavy atom. The zero-order valence-corrected chi connectivity index (χ0v) is 11.3. The predicted molar refractivity (Wildman–Crippen MR) is 71.9 cm³/mol. The molecule has 0 spiro atoms. The van der Waals surface area contributed by atoms with Gasteiger partial charge in [-0.3, -0.25) is 0 Å². The molecular weight excluding hydrogens is 194 g/mol. The first-order valence-electron chi connectivity index (χ1n) is 6.26. The Morgan fingerprint density at radius 1 is 1.12 bits per heavy atom. The highest BCUT2D eigenvalue weighted by molar-refractivity contribution is 5.29. The molecule has 0 saturated carbocycles. The second kappa shape index (κ2) is 5.49. The van der Waals surface area contributed by atoms with Crippen molar-refractivity contribution >= 4 is 0 Å². The maximum absolute atomic E-state index is 3.38. The molecule has 0 aromatic heterocycles. The summed E-state index contributed by atoms with van der Waals surface area (Å²) in [6.07, 6.45) is 2.41. The van der Waals surface area contributed by atoms with Crippen molar-refractivity contribution < 1.29 is 0 Å². The molecule has 1 N–H and O–H groups in total. The molecule has 90 valence electrons. The molecule has 0 fully saturated rings. The van der Waals surface area contributed by atoms with Gasteiger partial charge in [0.1, 0.15) is 0 Å². The molecule has 0 aliphatic carbocycles. The first-order valence-corrected chi connectivity index (χ1v) is 6.26. The summed E-state index contributed by atoms with van der Waals surface area (Å²) in [6, 6.07) is 9.54. The Hall–Kier alpha value is -0.820. The van der Waals surface area contributed by atoms with Gasteiger partial charge in [-0.25, -0.2) is 0 Å². The van der Waals surface area contributed by atoms with Gasteiger partial charge < -0.3 is 5.32 Å². The summed E-state index contributed by atoms with van der Waals surface area (Å²) in [5.41, 5.74) is 3.05. The van der Waals surface area contributed by atoms with Crippen molar-refractivity contribution in [3.63, 3.8) is 0 Å². The lowest BCUT2D eigenvalue weighted by Crippen LogP contribution is -2.17. The highest BCUT2D eigenvalue weighted by atomic mass is 14.9. The van der Waals surface area contributed by atoms with Crippen molar-refractivity contribution in [2.24, 2.45) is 0 Å². The molecule has 0 aliphatic rings. The average Bonchev–Trinajstić information content (AvgIpc) is 2.25. The topological polar surface area (TPSA) is 12.0 Å². The lowest BCUT2D eigenvalue weighted by atomic mass is 9.86. The quantitative estimate of drug-likeness (QED) is 0.805. The molecule has 1 heteroatoms. The maximum atomic E-state index is 3.38. The van der Waals surface area contributed by atoms with E-state index in [-0.39, 0.29) is 5.41 Å². The van der Waals surface area contributed by atoms with Crippen LogP contribution < -0.4 is 5.32 Å². The first kappa shape index (κ1) is 13.2. The van der Waals surface area contributed by atoms with Crippen molar-refractivity contribution in [3.8, 4) is 0 Å². The minimum Gasteiger partial charge on any atom is -0.313 e. The summed E-state index contributed by atoms with van der Waals surface area (Å²) < 4.78 is 0. The number of rotatable bonds is 4. The van der Waals surface area contributed by atoms with Crippen LogP contribution in [0.25, 0.3) is 0 Å². The van der Waals surface area contributed by atoms with Gasteiger partial charge in [0.05, 0.1) is 0 Å². The molecule has 0 amide bonds. The van der Waals surface area contributed by atoms with Crippen LogP contribution in [0.5, 0.6) is 0 Å². The van der Waals surface area contributed by atoms with E-state index in [9.17, 15) is 0 Å². The largest absolute Gasteiger partial charge is 0.313 e. The molecule has 0 radical (unpaired) electrons. The van der Waals surface area contributed by atoms with Crippen LogP contribution in [0.1, 0.15) is 57.7 Å². The summed E-state index contributed by atoms with van der Waals surface area (Å²) in [7, 11) is 2.04. The molecule has 0 saturated heterocycles. The Labute approximate surface area is 100 Å². The molecule has 1 nitrogen and oxygen atoms in total. The summed E-state index contributed by atoms with van der Waals surface area (Å²) in [5, 5.41) is 3.38. The van der Waals surface area contributed by atoms with Gasteiger partial charge in [-0.1, -0.05) is 58.4 Å². The fourth-order valence-corrected chi connectivity index (χ4v) is 1.98. The molecule has 1 rings (SSSR count). The minimum atomic E-state index is 0.248. The van der Waals surface area contributed by atoms with Crippen molar-refractivity contribution in [2.75, 3.05) is 7.05 Å². The van der Waals surface area contributed by atoms with Crippen molar-refractivity contribution in [3.05, 3.63) is 35.4 Å². The molecule has 0 bridgehead atoms. The fourth-order valence-electron chi connectivity index (χ4n) is 1.98. The highest BCUT2D eigenvalue weighted by Gasteiger charge is 2.14. The predicted octanol–water partition coefficient (Wildman–Crippen LogP) is 4.04. The number of nitrogens with one attached hydrogen (secondary N) is 1. The number of hydrogen-bond donors (Lipinski definition) is 1. The van der Waals surface area contributed by atoms with E-state index in [1.54, 1.807) is 0 Å². The zero-order chi connectivity index (χ0) is 12.2. The minimum absolute atomic E-state index is 0.248. The van der Waals surface area contributed by atoms with E-state index in [1.165, 1.54) is 24.0 Å². The van der Waals surface area contributed by atoms with Gasteiger partial charge >= 0.3 is 0 Å². The van der Waals surface area contributed by atoms with Crippen LogP contribution in [0.15, 0.2) is 24.3 Å². The number of hydrogen-bond acceptors (Lipinski definition) is 1. The summed E-state index contributed by atoms with van der Waals surface area (Å²) >= 11 is 0. The van der Waals surface area contributed by atoms with E-state index in [2.05, 4.69) is 57.3 Å². The highest BCUT2D eigenvalue weighted by Crippen LogP contribution is 2.25. The standard InChI is InChI=1S/C15H25N/c1-6-7-14(16-5)12-8-10-13(11-9-12)15(2,3)4/h8-11,14,16H,6-7H2,1-5H3. The van der Waals surface area contributed by atoms with Crippen molar-refractivity contribution in [1.29, 1.82) is 0 Å². The third-order valence-corrected chi connectivity index (χ3v) is 3.10. The Balaban J connectivity index is 2.85. The zero-order valence-electron chi connectivity index (χ0n) is 11.3. The Bertz CT molecular complexity index is 305. The van der Waals surface area contributed by atoms with E-state index in [1.807, 2.05) is 7.05 Å². The van der Waals surface area contributed by atoms with Crippen molar-refractivity contribution in [2.45, 2.75) is 52.0 Å². The molecule has 1 aromatic rings. The summed E-state index contributed by atoms with van der Waals surface area (Å²) in [6.45, 7) is 8.99. The van der Waals surface area contributed by atoms with Crippen LogP contribution >= 0.6 is 0 Å². The van der Waals surface area contributed by atoms with Crippen LogP contribution in [-0.2, 0) is 5.41 Å². The second-order valence-electron chi connectivity index (χ2n) is 5.50. The van der Waals surface area contributed by atoms with Crippen LogP contribution in [0, 0.1) is 0 Å². The first-order chi connectivity index (χ1) is 7.49. The molecule has 1 unspecified atom stereocenters. The summed E-state index contributed by atoms with van der Waals surface area (Å²) in [5.74, 6) is 0. The molecular formula is C15H25N. The van der Waals surface area contributed by atoms with E-state index in [0.29, 0.717) is 6.04 Å². The molecule has 16 heavy (non-hydrogen) atoms. The molecule has 1 atom stereocenters. The Kier molecular flexibility index (Phi) is 4.55. The van der Waals surface area contributed by atoms with Gasteiger partial charge in [0, 0.05) is 6.04 Å². The lowest BCUT2D eigenvalue weighted by Gasteiger charge is -2.21. The third kappa shape index (κ3) is 3.34. The van der Waals surface area contributed by atoms with Gasteiger partial charge in [0.2, 0.25) is 0 Å². The SMILES string of the molecule is CCCC(NC)c1ccc(C(C)(C)C)cc1. The van der Waals surface area contributed by atoms with E-state index in [0.717, 1.165) is 0 Å². The Morgan fingerprint density at radius 3 is 2.06 bits per heavy atom. The third-order valence-electron chi connectivity index (χ3n) is 3.10. The summed E-state index contributed by atoms with van der Waals surface area (Å²) in [4.78, 5) is 0. The van der Waals surface area contributed by atoms with E-state index in [4.69, 9.17) is 0 Å². The second-order valence-corrected chi connectivity index (χ2v) is 5.50. The monoisotopic (exact) mass is 219 g/mol. The van der Waals surface area contributed by atoms with Gasteiger partial charge in [-0.2, -0.15) is 0 Å². The lowest BCUT2D eigenvalue weighted by molar-refractivity contribution is 0.539. The van der Waals surface area contributed by atoms with E-state index < -0.39 is 0 Å². The van der Waals surface area contributed by atoms with Crippen LogP contribution in [0.2, 0.25) is 0 Å². The van der Waals surface area contributed by atoms with Crippen molar-refractivity contribution in [1.82, 2.24) is 5.32 Å². The molecule has 1 aromatic carbocycles. The van der Waals surface area contributed by atoms with Crippen LogP contribution in [0.4, 0.5) is 0 Å². The van der Waals surface area contributed by atoms with Crippen LogP contribution in [-0.4, -0.2) is 7.05 Å². The number of benzene rings is 1.